The van der Waals surface area contributed by atoms with Crippen LogP contribution in [0.4, 0.5) is 5.13 Å². The molecule has 1 aliphatic rings. The van der Waals surface area contributed by atoms with Gasteiger partial charge in [0.05, 0.1) is 11.9 Å². The smallest absolute Gasteiger partial charge is 0.229 e. The fourth-order valence-electron chi connectivity index (χ4n) is 3.48. The molecule has 3 aromatic rings. The predicted molar refractivity (Wildman–Crippen MR) is 114 cm³/mol. The summed E-state index contributed by atoms with van der Waals surface area (Å²) >= 11 is 1.47. The van der Waals surface area contributed by atoms with Crippen LogP contribution < -0.4 is 10.1 Å². The minimum absolute atomic E-state index is 0.0392. The minimum atomic E-state index is 0.0392. The average Bonchev–Trinajstić information content (AvgIpc) is 3.15. The van der Waals surface area contributed by atoms with Crippen LogP contribution in [0.2, 0.25) is 0 Å². The van der Waals surface area contributed by atoms with E-state index in [0.717, 1.165) is 55.2 Å². The molecule has 0 radical (unpaired) electrons. The van der Waals surface area contributed by atoms with Gasteiger partial charge in [0.1, 0.15) is 11.5 Å². The maximum absolute atomic E-state index is 12.5. The number of ether oxygens (including phenoxy) is 1. The Morgan fingerprint density at radius 3 is 2.79 bits per heavy atom. The summed E-state index contributed by atoms with van der Waals surface area (Å²) in [5.74, 6) is 1.70. The van der Waals surface area contributed by atoms with Crippen LogP contribution in [-0.2, 0) is 11.3 Å². The summed E-state index contributed by atoms with van der Waals surface area (Å²) in [5, 5.41) is 5.60. The Hall–Kier alpha value is -2.77. The lowest BCUT2D eigenvalue weighted by atomic mass is 9.95. The van der Waals surface area contributed by atoms with Crippen molar-refractivity contribution in [2.75, 3.05) is 18.4 Å². The second kappa shape index (κ2) is 9.15. The minimum Gasteiger partial charge on any atom is -0.455 e. The third-order valence-electron chi connectivity index (χ3n) is 5.04. The Morgan fingerprint density at radius 2 is 2.07 bits per heavy atom. The molecule has 2 aromatic heterocycles. The van der Waals surface area contributed by atoms with E-state index in [1.165, 1.54) is 11.3 Å². The fraction of sp³-hybridized carbons (Fsp3) is 0.318. The highest BCUT2D eigenvalue weighted by Crippen LogP contribution is 2.28. The molecule has 4 rings (SSSR count). The molecule has 6 nitrogen and oxygen atoms in total. The van der Waals surface area contributed by atoms with Crippen molar-refractivity contribution < 1.29 is 9.53 Å². The van der Waals surface area contributed by atoms with E-state index in [1.54, 1.807) is 12.4 Å². The maximum atomic E-state index is 12.5. The number of benzene rings is 1. The number of rotatable bonds is 6. The van der Waals surface area contributed by atoms with Crippen molar-refractivity contribution in [3.05, 3.63) is 65.4 Å². The summed E-state index contributed by atoms with van der Waals surface area (Å²) in [6.07, 6.45) is 5.14. The van der Waals surface area contributed by atoms with E-state index in [1.807, 2.05) is 42.6 Å². The summed E-state index contributed by atoms with van der Waals surface area (Å²) in [6.45, 7) is 4.50. The van der Waals surface area contributed by atoms with E-state index in [0.29, 0.717) is 5.13 Å². The van der Waals surface area contributed by atoms with Gasteiger partial charge in [-0.2, -0.15) is 0 Å². The first-order valence-corrected chi connectivity index (χ1v) is 10.7. The van der Waals surface area contributed by atoms with E-state index >= 15 is 0 Å². The zero-order valence-corrected chi connectivity index (χ0v) is 17.2. The van der Waals surface area contributed by atoms with Gasteiger partial charge in [-0.3, -0.25) is 14.7 Å². The first kappa shape index (κ1) is 19.5. The fourth-order valence-corrected chi connectivity index (χ4v) is 4.17. The van der Waals surface area contributed by atoms with Crippen LogP contribution in [0.5, 0.6) is 11.5 Å². The molecule has 7 heteroatoms. The summed E-state index contributed by atoms with van der Waals surface area (Å²) in [4.78, 5) is 23.3. The van der Waals surface area contributed by atoms with E-state index in [2.05, 4.69) is 26.3 Å². The molecule has 1 N–H and O–H groups in total. The van der Waals surface area contributed by atoms with Crippen molar-refractivity contribution in [2.45, 2.75) is 26.3 Å². The molecular weight excluding hydrogens is 384 g/mol. The number of amides is 1. The number of carbonyl (C=O) groups is 1. The highest BCUT2D eigenvalue weighted by atomic mass is 32.1. The summed E-state index contributed by atoms with van der Waals surface area (Å²) in [6, 6.07) is 11.8. The normalized spacial score (nSPS) is 15.2. The number of hydrogen-bond acceptors (Lipinski definition) is 6. The molecule has 0 aliphatic carbocycles. The van der Waals surface area contributed by atoms with E-state index in [-0.39, 0.29) is 11.8 Å². The highest BCUT2D eigenvalue weighted by Gasteiger charge is 2.26. The molecule has 0 bridgehead atoms. The second-order valence-electron chi connectivity index (χ2n) is 7.23. The van der Waals surface area contributed by atoms with Gasteiger partial charge < -0.3 is 10.1 Å². The molecule has 0 unspecified atom stereocenters. The van der Waals surface area contributed by atoms with E-state index in [9.17, 15) is 4.79 Å². The van der Waals surface area contributed by atoms with Crippen LogP contribution in [0.3, 0.4) is 0 Å². The van der Waals surface area contributed by atoms with Gasteiger partial charge in [-0.25, -0.2) is 4.98 Å². The number of hydrogen-bond donors (Lipinski definition) is 1. The van der Waals surface area contributed by atoms with Gasteiger partial charge in [-0.05, 0) is 51.1 Å². The third-order valence-corrected chi connectivity index (χ3v) is 5.91. The van der Waals surface area contributed by atoms with Crippen molar-refractivity contribution >= 4 is 22.4 Å². The molecule has 1 amide bonds. The van der Waals surface area contributed by atoms with Crippen LogP contribution in [0.1, 0.15) is 24.1 Å². The lowest BCUT2D eigenvalue weighted by Crippen LogP contribution is -2.37. The lowest BCUT2D eigenvalue weighted by Gasteiger charge is -2.31. The zero-order valence-electron chi connectivity index (χ0n) is 16.4. The molecule has 1 fully saturated rings. The quantitative estimate of drug-likeness (QED) is 0.651. The average molecular weight is 409 g/mol. The zero-order chi connectivity index (χ0) is 20.1. The van der Waals surface area contributed by atoms with Crippen molar-refractivity contribution in [1.82, 2.24) is 14.9 Å². The number of aryl methyl sites for hydroxylation is 1. The van der Waals surface area contributed by atoms with Crippen LogP contribution in [0.15, 0.2) is 54.2 Å². The summed E-state index contributed by atoms with van der Waals surface area (Å²) in [5.41, 5.74) is 2.07. The number of aromatic nitrogens is 2. The molecule has 0 spiro atoms. The third kappa shape index (κ3) is 5.19. The van der Waals surface area contributed by atoms with Crippen LogP contribution >= 0.6 is 11.3 Å². The Morgan fingerprint density at radius 1 is 1.24 bits per heavy atom. The molecule has 29 heavy (non-hydrogen) atoms. The Labute approximate surface area is 174 Å². The van der Waals surface area contributed by atoms with Gasteiger partial charge in [-0.15, -0.1) is 11.3 Å². The molecule has 1 saturated heterocycles. The SMILES string of the molecule is Cc1csc(NC(=O)C2CCN(Cc3ccccc3Oc3cccnc3)CC2)n1. The van der Waals surface area contributed by atoms with Crippen LogP contribution in [0.25, 0.3) is 0 Å². The lowest BCUT2D eigenvalue weighted by molar-refractivity contribution is -0.121. The highest BCUT2D eigenvalue weighted by molar-refractivity contribution is 7.13. The van der Waals surface area contributed by atoms with Gasteiger partial charge in [0.2, 0.25) is 5.91 Å². The van der Waals surface area contributed by atoms with Crippen LogP contribution in [-0.4, -0.2) is 33.9 Å². The van der Waals surface area contributed by atoms with Crippen molar-refractivity contribution in [2.24, 2.45) is 5.92 Å². The topological polar surface area (TPSA) is 67.4 Å². The number of anilines is 1. The molecule has 0 atom stereocenters. The van der Waals surface area contributed by atoms with Gasteiger partial charge in [0.25, 0.3) is 0 Å². The molecule has 1 aromatic carbocycles. The number of likely N-dealkylation sites (tertiary alicyclic amines) is 1. The number of thiazole rings is 1. The maximum Gasteiger partial charge on any atom is 0.229 e. The molecule has 1 aliphatic heterocycles. The number of para-hydroxylation sites is 1. The van der Waals surface area contributed by atoms with Crippen molar-refractivity contribution in [3.63, 3.8) is 0 Å². The Kier molecular flexibility index (Phi) is 6.17. The summed E-state index contributed by atoms with van der Waals surface area (Å²) < 4.78 is 6.02. The van der Waals surface area contributed by atoms with Gasteiger partial charge >= 0.3 is 0 Å². The van der Waals surface area contributed by atoms with Crippen molar-refractivity contribution in [1.29, 1.82) is 0 Å². The number of nitrogens with one attached hydrogen (secondary N) is 1. The number of carbonyl (C=O) groups excluding carboxylic acids is 1. The molecule has 3 heterocycles. The number of pyridine rings is 1. The first-order valence-electron chi connectivity index (χ1n) is 9.78. The molecular formula is C22H24N4O2S. The van der Waals surface area contributed by atoms with Crippen molar-refractivity contribution in [3.8, 4) is 11.5 Å². The van der Waals surface area contributed by atoms with Gasteiger partial charge in [0, 0.05) is 29.6 Å². The second-order valence-corrected chi connectivity index (χ2v) is 8.09. The molecule has 0 saturated carbocycles. The Balaban J connectivity index is 1.32. The predicted octanol–water partition coefficient (Wildman–Crippen LogP) is 4.49. The largest absolute Gasteiger partial charge is 0.455 e. The summed E-state index contributed by atoms with van der Waals surface area (Å²) in [7, 11) is 0. The number of piperidine rings is 1. The first-order chi connectivity index (χ1) is 14.2. The monoisotopic (exact) mass is 408 g/mol. The van der Waals surface area contributed by atoms with E-state index in [4.69, 9.17) is 4.74 Å². The Bertz CT molecular complexity index is 952. The van der Waals surface area contributed by atoms with Crippen LogP contribution in [0, 0.1) is 12.8 Å². The standard InChI is InChI=1S/C22H24N4O2S/c1-16-15-29-22(24-16)25-21(27)17-8-11-26(12-9-17)14-18-5-2-3-7-20(18)28-19-6-4-10-23-13-19/h2-7,10,13,15,17H,8-9,11-12,14H2,1H3,(H,24,25,27). The molecule has 150 valence electrons. The van der Waals surface area contributed by atoms with Gasteiger partial charge in [0.15, 0.2) is 5.13 Å². The van der Waals surface area contributed by atoms with E-state index < -0.39 is 0 Å². The number of nitrogens with zero attached hydrogens (tertiary/aromatic N) is 3. The van der Waals surface area contributed by atoms with Gasteiger partial charge in [-0.1, -0.05) is 18.2 Å².